The van der Waals surface area contributed by atoms with Crippen molar-refractivity contribution in [3.05, 3.63) is 113 Å². The van der Waals surface area contributed by atoms with Gasteiger partial charge in [0, 0.05) is 30.1 Å². The van der Waals surface area contributed by atoms with Crippen molar-refractivity contribution in [3.63, 3.8) is 0 Å². The molecule has 1 amide bonds. The number of carboxylic acids is 1. The highest BCUT2D eigenvalue weighted by molar-refractivity contribution is 5.94. The van der Waals surface area contributed by atoms with E-state index >= 15 is 0 Å². The summed E-state index contributed by atoms with van der Waals surface area (Å²) < 4.78 is 83.2. The highest BCUT2D eigenvalue weighted by Crippen LogP contribution is 2.32. The molecule has 0 bridgehead atoms. The smallest absolute Gasteiger partial charge is 0.417 e. The minimum absolute atomic E-state index is 0.0337. The monoisotopic (exact) mass is 617 g/mol. The Kier molecular flexibility index (Phi) is 9.77. The lowest BCUT2D eigenvalue weighted by Crippen LogP contribution is -2.26. The number of carbonyl (C=O) groups excluding carboxylic acids is 1. The number of anilines is 1. The van der Waals surface area contributed by atoms with Gasteiger partial charge in [-0.25, -0.2) is 4.98 Å². The molecule has 0 radical (unpaired) electrons. The molecule has 4 aromatic rings. The number of carboxylic acid groups (broad SMARTS) is 1. The second kappa shape index (κ2) is 13.5. The number of amides is 1. The van der Waals surface area contributed by atoms with Gasteiger partial charge < -0.3 is 20.5 Å². The lowest BCUT2D eigenvalue weighted by atomic mass is 9.99. The Morgan fingerprint density at radius 2 is 1.34 bits per heavy atom. The number of aliphatic carboxylic acids is 1. The molecule has 1 aromatic heterocycles. The van der Waals surface area contributed by atoms with Gasteiger partial charge in [-0.05, 0) is 59.2 Å². The van der Waals surface area contributed by atoms with E-state index in [1.807, 2.05) is 0 Å². The summed E-state index contributed by atoms with van der Waals surface area (Å²) in [6.45, 7) is -0.108. The quantitative estimate of drug-likeness (QED) is 0.154. The second-order valence-electron chi connectivity index (χ2n) is 9.56. The molecule has 0 unspecified atom stereocenters. The third-order valence-corrected chi connectivity index (χ3v) is 6.43. The molecule has 0 fully saturated rings. The van der Waals surface area contributed by atoms with Gasteiger partial charge in [-0.2, -0.15) is 26.3 Å². The summed E-state index contributed by atoms with van der Waals surface area (Å²) in [6, 6.07) is 19.3. The molecule has 0 aliphatic carbocycles. The van der Waals surface area contributed by atoms with E-state index in [-0.39, 0.29) is 25.5 Å². The third-order valence-electron chi connectivity index (χ3n) is 6.43. The van der Waals surface area contributed by atoms with Crippen LogP contribution in [0, 0.1) is 0 Å². The van der Waals surface area contributed by atoms with Crippen LogP contribution in [0.2, 0.25) is 0 Å². The predicted molar refractivity (Wildman–Crippen MR) is 149 cm³/mol. The van der Waals surface area contributed by atoms with E-state index < -0.39 is 41.4 Å². The van der Waals surface area contributed by atoms with Gasteiger partial charge in [0.15, 0.2) is 0 Å². The Bertz CT molecular complexity index is 1560. The minimum atomic E-state index is -4.55. The first-order valence-corrected chi connectivity index (χ1v) is 13.1. The van der Waals surface area contributed by atoms with Crippen LogP contribution >= 0.6 is 0 Å². The van der Waals surface area contributed by atoms with Crippen molar-refractivity contribution in [2.45, 2.75) is 24.8 Å². The number of nitrogens with one attached hydrogen (secondary N) is 2. The summed E-state index contributed by atoms with van der Waals surface area (Å²) in [5, 5.41) is 14.5. The first-order valence-electron chi connectivity index (χ1n) is 13.1. The van der Waals surface area contributed by atoms with Crippen LogP contribution in [0.5, 0.6) is 5.88 Å². The van der Waals surface area contributed by atoms with Crippen LogP contribution in [0.3, 0.4) is 0 Å². The topological polar surface area (TPSA) is 101 Å². The largest absolute Gasteiger partial charge is 0.481 e. The number of ether oxygens (including phenoxy) is 1. The lowest BCUT2D eigenvalue weighted by molar-refractivity contribution is -0.138. The number of benzene rings is 3. The Morgan fingerprint density at radius 3 is 1.86 bits per heavy atom. The SMILES string of the molecule is O=C(O)CCNC(=O)c1ccc(N[C@H](COc2ccc(C(F)(F)F)cn2)c2ccc(-c3ccc(C(F)(F)F)cc3)cc2)cc1. The van der Waals surface area contributed by atoms with Crippen molar-refractivity contribution in [3.8, 4) is 17.0 Å². The molecule has 0 saturated heterocycles. The Morgan fingerprint density at radius 1 is 0.773 bits per heavy atom. The predicted octanol–water partition coefficient (Wildman–Crippen LogP) is 7.22. The molecule has 3 N–H and O–H groups in total. The van der Waals surface area contributed by atoms with Crippen LogP contribution in [0.1, 0.15) is 39.5 Å². The van der Waals surface area contributed by atoms with Crippen molar-refractivity contribution >= 4 is 17.6 Å². The molecule has 4 rings (SSSR count). The highest BCUT2D eigenvalue weighted by atomic mass is 19.4. The Labute approximate surface area is 247 Å². The summed E-state index contributed by atoms with van der Waals surface area (Å²) in [4.78, 5) is 26.7. The van der Waals surface area contributed by atoms with E-state index in [0.29, 0.717) is 34.1 Å². The number of rotatable bonds is 11. The molecule has 7 nitrogen and oxygen atoms in total. The van der Waals surface area contributed by atoms with E-state index in [2.05, 4.69) is 15.6 Å². The zero-order valence-electron chi connectivity index (χ0n) is 22.7. The molecule has 3 aromatic carbocycles. The van der Waals surface area contributed by atoms with E-state index in [9.17, 15) is 35.9 Å². The number of pyridine rings is 1. The molecular formula is C31H25F6N3O4. The Hall–Kier alpha value is -5.07. The van der Waals surface area contributed by atoms with Crippen LogP contribution in [0.15, 0.2) is 91.1 Å². The van der Waals surface area contributed by atoms with E-state index in [4.69, 9.17) is 9.84 Å². The zero-order chi connectivity index (χ0) is 31.9. The van der Waals surface area contributed by atoms with Crippen molar-refractivity contribution in [2.75, 3.05) is 18.5 Å². The van der Waals surface area contributed by atoms with E-state index in [0.717, 1.165) is 24.3 Å². The van der Waals surface area contributed by atoms with Gasteiger partial charge in [-0.15, -0.1) is 0 Å². The molecule has 0 saturated carbocycles. The number of hydrogen-bond acceptors (Lipinski definition) is 5. The highest BCUT2D eigenvalue weighted by Gasteiger charge is 2.31. The van der Waals surface area contributed by atoms with Crippen LogP contribution in [-0.4, -0.2) is 35.1 Å². The fourth-order valence-corrected chi connectivity index (χ4v) is 4.09. The van der Waals surface area contributed by atoms with Gasteiger partial charge in [0.1, 0.15) is 6.61 Å². The molecule has 0 aliphatic heterocycles. The maximum atomic E-state index is 12.9. The van der Waals surface area contributed by atoms with Crippen LogP contribution in [0.4, 0.5) is 32.0 Å². The number of alkyl halides is 6. The lowest BCUT2D eigenvalue weighted by Gasteiger charge is -2.21. The summed E-state index contributed by atoms with van der Waals surface area (Å²) in [7, 11) is 0. The standard InChI is InChI=1S/C31H25F6N3O4/c32-30(33,34)23-9-5-20(6-10-23)19-1-3-21(4-2-19)26(18-44-27-14-11-24(17-39-27)31(35,36)37)40-25-12-7-22(8-13-25)29(43)38-16-15-28(41)42/h1-14,17,26,40H,15-16,18H2,(H,38,43)(H,41,42)/t26-/m1/s1. The molecule has 0 aliphatic rings. The van der Waals surface area contributed by atoms with Gasteiger partial charge in [0.05, 0.1) is 23.6 Å². The number of aromatic nitrogens is 1. The van der Waals surface area contributed by atoms with Crippen molar-refractivity contribution in [1.29, 1.82) is 0 Å². The van der Waals surface area contributed by atoms with Gasteiger partial charge in [0.2, 0.25) is 5.88 Å². The average molecular weight is 618 g/mol. The fourth-order valence-electron chi connectivity index (χ4n) is 4.09. The molecule has 230 valence electrons. The fraction of sp³-hybridized carbons (Fsp3) is 0.194. The van der Waals surface area contributed by atoms with Gasteiger partial charge >= 0.3 is 18.3 Å². The summed E-state index contributed by atoms with van der Waals surface area (Å²) in [5.41, 5.74) is 1.08. The minimum Gasteiger partial charge on any atom is -0.481 e. The van der Waals surface area contributed by atoms with Crippen LogP contribution in [0.25, 0.3) is 11.1 Å². The molecule has 13 heteroatoms. The van der Waals surface area contributed by atoms with Crippen LogP contribution < -0.4 is 15.4 Å². The number of hydrogen-bond donors (Lipinski definition) is 3. The maximum Gasteiger partial charge on any atom is 0.417 e. The van der Waals surface area contributed by atoms with Gasteiger partial charge in [-0.3, -0.25) is 9.59 Å². The first-order chi connectivity index (χ1) is 20.8. The van der Waals surface area contributed by atoms with Gasteiger partial charge in [-0.1, -0.05) is 36.4 Å². The molecule has 0 spiro atoms. The molecular weight excluding hydrogens is 592 g/mol. The number of halogens is 6. The Balaban J connectivity index is 1.52. The van der Waals surface area contributed by atoms with Crippen molar-refractivity contribution in [2.24, 2.45) is 0 Å². The zero-order valence-corrected chi connectivity index (χ0v) is 22.7. The molecule has 1 heterocycles. The summed E-state index contributed by atoms with van der Waals surface area (Å²) in [6.07, 6.45) is -8.56. The second-order valence-corrected chi connectivity index (χ2v) is 9.56. The number of carbonyl (C=O) groups is 2. The molecule has 1 atom stereocenters. The van der Waals surface area contributed by atoms with Gasteiger partial charge in [0.25, 0.3) is 5.91 Å². The average Bonchev–Trinajstić information content (AvgIpc) is 2.99. The van der Waals surface area contributed by atoms with Crippen LogP contribution in [-0.2, 0) is 17.1 Å². The summed E-state index contributed by atoms with van der Waals surface area (Å²) in [5.74, 6) is -1.54. The van der Waals surface area contributed by atoms with Crippen molar-refractivity contribution in [1.82, 2.24) is 10.3 Å². The van der Waals surface area contributed by atoms with E-state index in [1.54, 1.807) is 36.4 Å². The normalized spacial score (nSPS) is 12.3. The summed E-state index contributed by atoms with van der Waals surface area (Å²) >= 11 is 0. The first kappa shape index (κ1) is 31.9. The third kappa shape index (κ3) is 8.72. The maximum absolute atomic E-state index is 12.9. The van der Waals surface area contributed by atoms with Crippen molar-refractivity contribution < 1.29 is 45.8 Å². The molecule has 44 heavy (non-hydrogen) atoms. The number of nitrogens with zero attached hydrogens (tertiary/aromatic N) is 1. The van der Waals surface area contributed by atoms with E-state index in [1.165, 1.54) is 24.3 Å².